The first-order chi connectivity index (χ1) is 8.95. The number of anilines is 1. The summed E-state index contributed by atoms with van der Waals surface area (Å²) in [6.07, 6.45) is 1.47. The van der Waals surface area contributed by atoms with Crippen LogP contribution in [0.15, 0.2) is 29.2 Å². The lowest BCUT2D eigenvalue weighted by atomic mass is 10.2. The summed E-state index contributed by atoms with van der Waals surface area (Å²) in [5.74, 6) is -0.767. The largest absolute Gasteiger partial charge is 0.480 e. The maximum Gasteiger partial charge on any atom is 0.326 e. The van der Waals surface area contributed by atoms with Gasteiger partial charge in [0.1, 0.15) is 6.04 Å². The van der Waals surface area contributed by atoms with Gasteiger partial charge >= 0.3 is 5.97 Å². The van der Waals surface area contributed by atoms with Crippen molar-refractivity contribution in [3.63, 3.8) is 0 Å². The van der Waals surface area contributed by atoms with Crippen LogP contribution in [0.1, 0.15) is 19.8 Å². The molecule has 1 aliphatic heterocycles. The maximum atomic E-state index is 11.7. The van der Waals surface area contributed by atoms with Gasteiger partial charge in [0.15, 0.2) is 9.84 Å². The van der Waals surface area contributed by atoms with Crippen molar-refractivity contribution < 1.29 is 18.3 Å². The SMILES string of the molecule is CCS(=O)(=O)c1ccc(N2CCCC2C(=O)O)cc1. The summed E-state index contributed by atoms with van der Waals surface area (Å²) in [7, 11) is -3.20. The molecule has 1 aromatic carbocycles. The van der Waals surface area contributed by atoms with Crippen molar-refractivity contribution in [2.75, 3.05) is 17.2 Å². The number of sulfone groups is 1. The van der Waals surface area contributed by atoms with Crippen LogP contribution in [0.3, 0.4) is 0 Å². The van der Waals surface area contributed by atoms with E-state index in [2.05, 4.69) is 0 Å². The maximum absolute atomic E-state index is 11.7. The topological polar surface area (TPSA) is 74.7 Å². The lowest BCUT2D eigenvalue weighted by molar-refractivity contribution is -0.138. The summed E-state index contributed by atoms with van der Waals surface area (Å²) in [4.78, 5) is 13.2. The zero-order chi connectivity index (χ0) is 14.0. The van der Waals surface area contributed by atoms with Crippen molar-refractivity contribution in [3.05, 3.63) is 24.3 Å². The van der Waals surface area contributed by atoms with Gasteiger partial charge in [0, 0.05) is 12.2 Å². The van der Waals surface area contributed by atoms with Crippen LogP contribution in [-0.2, 0) is 14.6 Å². The molecule has 0 saturated carbocycles. The molecule has 0 bridgehead atoms. The van der Waals surface area contributed by atoms with E-state index < -0.39 is 21.8 Å². The van der Waals surface area contributed by atoms with Crippen LogP contribution < -0.4 is 4.90 Å². The average Bonchev–Trinajstić information content (AvgIpc) is 2.88. The number of nitrogens with zero attached hydrogens (tertiary/aromatic N) is 1. The molecule has 1 fully saturated rings. The summed E-state index contributed by atoms with van der Waals surface area (Å²) in [5, 5.41) is 9.13. The summed E-state index contributed by atoms with van der Waals surface area (Å²) in [6, 6.07) is 5.96. The lowest BCUT2D eigenvalue weighted by Crippen LogP contribution is -2.35. The minimum atomic E-state index is -3.20. The third-order valence-corrected chi connectivity index (χ3v) is 5.20. The van der Waals surface area contributed by atoms with Crippen LogP contribution in [0.2, 0.25) is 0 Å². The normalized spacial score (nSPS) is 19.6. The smallest absolute Gasteiger partial charge is 0.326 e. The number of rotatable bonds is 4. The molecular weight excluding hydrogens is 266 g/mol. The van der Waals surface area contributed by atoms with Gasteiger partial charge in [0.25, 0.3) is 0 Å². The fraction of sp³-hybridized carbons (Fsp3) is 0.462. The molecule has 104 valence electrons. The monoisotopic (exact) mass is 283 g/mol. The van der Waals surface area contributed by atoms with E-state index in [9.17, 15) is 13.2 Å². The number of carboxylic acids is 1. The van der Waals surface area contributed by atoms with E-state index in [1.165, 1.54) is 0 Å². The second-order valence-corrected chi connectivity index (χ2v) is 6.87. The van der Waals surface area contributed by atoms with E-state index in [1.54, 1.807) is 31.2 Å². The first-order valence-corrected chi connectivity index (χ1v) is 7.93. The highest BCUT2D eigenvalue weighted by Gasteiger charge is 2.30. The fourth-order valence-corrected chi connectivity index (χ4v) is 3.23. The molecule has 0 aliphatic carbocycles. The van der Waals surface area contributed by atoms with Gasteiger partial charge in [-0.25, -0.2) is 13.2 Å². The van der Waals surface area contributed by atoms with Crippen molar-refractivity contribution in [2.24, 2.45) is 0 Å². The van der Waals surface area contributed by atoms with Crippen molar-refractivity contribution in [3.8, 4) is 0 Å². The molecule has 1 aromatic rings. The summed E-state index contributed by atoms with van der Waals surface area (Å²) >= 11 is 0. The molecule has 19 heavy (non-hydrogen) atoms. The molecule has 6 heteroatoms. The average molecular weight is 283 g/mol. The molecule has 1 N–H and O–H groups in total. The van der Waals surface area contributed by atoms with Gasteiger partial charge < -0.3 is 10.0 Å². The molecule has 0 spiro atoms. The highest BCUT2D eigenvalue weighted by Crippen LogP contribution is 2.26. The van der Waals surface area contributed by atoms with Crippen LogP contribution in [-0.4, -0.2) is 37.8 Å². The Morgan fingerprint density at radius 1 is 1.37 bits per heavy atom. The van der Waals surface area contributed by atoms with Gasteiger partial charge in [-0.05, 0) is 37.1 Å². The first-order valence-electron chi connectivity index (χ1n) is 6.28. The first kappa shape index (κ1) is 13.9. The van der Waals surface area contributed by atoms with Crippen LogP contribution in [0, 0.1) is 0 Å². The Bertz CT molecular complexity index is 565. The van der Waals surface area contributed by atoms with E-state index >= 15 is 0 Å². The molecule has 1 saturated heterocycles. The summed E-state index contributed by atoms with van der Waals surface area (Å²) < 4.78 is 23.4. The van der Waals surface area contributed by atoms with Gasteiger partial charge in [0.2, 0.25) is 0 Å². The Morgan fingerprint density at radius 3 is 2.53 bits per heavy atom. The zero-order valence-electron chi connectivity index (χ0n) is 10.7. The van der Waals surface area contributed by atoms with E-state index in [0.29, 0.717) is 13.0 Å². The Hall–Kier alpha value is -1.56. The van der Waals surface area contributed by atoms with Crippen LogP contribution >= 0.6 is 0 Å². The van der Waals surface area contributed by atoms with Gasteiger partial charge in [-0.15, -0.1) is 0 Å². The highest BCUT2D eigenvalue weighted by atomic mass is 32.2. The Kier molecular flexibility index (Phi) is 3.80. The van der Waals surface area contributed by atoms with Crippen LogP contribution in [0.25, 0.3) is 0 Å². The van der Waals surface area contributed by atoms with E-state index in [1.807, 2.05) is 4.90 Å². The summed E-state index contributed by atoms with van der Waals surface area (Å²) in [5.41, 5.74) is 0.764. The second kappa shape index (κ2) is 5.21. The van der Waals surface area contributed by atoms with E-state index in [0.717, 1.165) is 12.1 Å². The predicted octanol–water partition coefficient (Wildman–Crippen LogP) is 1.53. The minimum Gasteiger partial charge on any atom is -0.480 e. The number of carboxylic acid groups (broad SMARTS) is 1. The summed E-state index contributed by atoms with van der Waals surface area (Å²) in [6.45, 7) is 2.29. The highest BCUT2D eigenvalue weighted by molar-refractivity contribution is 7.91. The number of aliphatic carboxylic acids is 1. The number of hydrogen-bond acceptors (Lipinski definition) is 4. The Balaban J connectivity index is 2.26. The third kappa shape index (κ3) is 2.73. The Labute approximate surface area is 112 Å². The Morgan fingerprint density at radius 2 is 2.00 bits per heavy atom. The van der Waals surface area contributed by atoms with E-state index in [4.69, 9.17) is 5.11 Å². The standard InChI is InChI=1S/C13H17NO4S/c1-2-19(17,18)11-7-5-10(6-8-11)14-9-3-4-12(14)13(15)16/h5-8,12H,2-4,9H2,1H3,(H,15,16). The number of carbonyl (C=O) groups is 1. The van der Waals surface area contributed by atoms with E-state index in [-0.39, 0.29) is 10.6 Å². The number of benzene rings is 1. The zero-order valence-corrected chi connectivity index (χ0v) is 11.6. The molecule has 0 radical (unpaired) electrons. The molecule has 1 heterocycles. The molecule has 0 amide bonds. The molecule has 2 rings (SSSR count). The molecule has 1 aliphatic rings. The molecule has 1 unspecified atom stereocenters. The second-order valence-electron chi connectivity index (χ2n) is 4.59. The molecule has 1 atom stereocenters. The van der Waals surface area contributed by atoms with Gasteiger partial charge in [0.05, 0.1) is 10.6 Å². The van der Waals surface area contributed by atoms with Crippen molar-refractivity contribution >= 4 is 21.5 Å². The quantitative estimate of drug-likeness (QED) is 0.907. The minimum absolute atomic E-state index is 0.0633. The van der Waals surface area contributed by atoms with Gasteiger partial charge in [-0.3, -0.25) is 0 Å². The van der Waals surface area contributed by atoms with Crippen molar-refractivity contribution in [1.82, 2.24) is 0 Å². The van der Waals surface area contributed by atoms with Crippen LogP contribution in [0.4, 0.5) is 5.69 Å². The molecule has 5 nitrogen and oxygen atoms in total. The van der Waals surface area contributed by atoms with Crippen LogP contribution in [0.5, 0.6) is 0 Å². The van der Waals surface area contributed by atoms with Crippen molar-refractivity contribution in [2.45, 2.75) is 30.7 Å². The predicted molar refractivity (Wildman–Crippen MR) is 72.2 cm³/mol. The molecular formula is C13H17NO4S. The van der Waals surface area contributed by atoms with Gasteiger partial charge in [-0.1, -0.05) is 6.92 Å². The molecule has 0 aromatic heterocycles. The van der Waals surface area contributed by atoms with Crippen molar-refractivity contribution in [1.29, 1.82) is 0 Å². The van der Waals surface area contributed by atoms with Gasteiger partial charge in [-0.2, -0.15) is 0 Å². The lowest BCUT2D eigenvalue weighted by Gasteiger charge is -2.23. The number of hydrogen-bond donors (Lipinski definition) is 1. The fourth-order valence-electron chi connectivity index (χ4n) is 2.34. The third-order valence-electron chi connectivity index (χ3n) is 3.45.